The van der Waals surface area contributed by atoms with Crippen molar-refractivity contribution in [2.45, 2.75) is 31.8 Å². The molecule has 6 heteroatoms. The Morgan fingerprint density at radius 3 is 2.63 bits per heavy atom. The number of methoxy groups -OCH3 is 1. The molecule has 2 aromatic heterocycles. The van der Waals surface area contributed by atoms with Gasteiger partial charge in [0.25, 0.3) is 0 Å². The van der Waals surface area contributed by atoms with Crippen molar-refractivity contribution in [3.63, 3.8) is 0 Å². The zero-order valence-corrected chi connectivity index (χ0v) is 15.9. The van der Waals surface area contributed by atoms with Gasteiger partial charge >= 0.3 is 0 Å². The van der Waals surface area contributed by atoms with E-state index >= 15 is 0 Å². The van der Waals surface area contributed by atoms with Crippen LogP contribution in [-0.4, -0.2) is 51.6 Å². The van der Waals surface area contributed by atoms with E-state index in [-0.39, 0.29) is 0 Å². The lowest BCUT2D eigenvalue weighted by atomic mass is 10.1. The first-order chi connectivity index (χ1) is 13.2. The fourth-order valence-electron chi connectivity index (χ4n) is 3.69. The van der Waals surface area contributed by atoms with Crippen molar-refractivity contribution in [2.75, 3.05) is 20.7 Å². The first-order valence-corrected chi connectivity index (χ1v) is 9.45. The smallest absolute Gasteiger partial charge is 0.233 e. The number of hydrogen-bond acceptors (Lipinski definition) is 5. The molecule has 27 heavy (non-hydrogen) atoms. The van der Waals surface area contributed by atoms with E-state index in [1.165, 1.54) is 19.4 Å². The molecular formula is C21H25N5O. The SMILES string of the molecule is COc1ccc(-c2cccc(-c3ccn(CCC4CCCN4C)n3)c2)nn1. The summed E-state index contributed by atoms with van der Waals surface area (Å²) >= 11 is 0. The van der Waals surface area contributed by atoms with E-state index in [0.717, 1.165) is 35.5 Å². The van der Waals surface area contributed by atoms with E-state index in [1.54, 1.807) is 7.11 Å². The molecule has 3 aromatic rings. The number of likely N-dealkylation sites (tertiary alicyclic amines) is 1. The third kappa shape index (κ3) is 4.01. The van der Waals surface area contributed by atoms with E-state index in [1.807, 2.05) is 24.3 Å². The number of benzene rings is 1. The summed E-state index contributed by atoms with van der Waals surface area (Å²) in [6, 6.07) is 14.8. The topological polar surface area (TPSA) is 56.1 Å². The average molecular weight is 363 g/mol. The molecule has 1 aliphatic heterocycles. The highest BCUT2D eigenvalue weighted by atomic mass is 16.5. The Labute approximate surface area is 159 Å². The molecule has 1 saturated heterocycles. The molecule has 0 bridgehead atoms. The number of nitrogens with zero attached hydrogens (tertiary/aromatic N) is 5. The van der Waals surface area contributed by atoms with E-state index < -0.39 is 0 Å². The Morgan fingerprint density at radius 2 is 1.93 bits per heavy atom. The molecule has 0 radical (unpaired) electrons. The molecule has 1 atom stereocenters. The van der Waals surface area contributed by atoms with Gasteiger partial charge in [0.1, 0.15) is 0 Å². The average Bonchev–Trinajstić information content (AvgIpc) is 3.35. The Morgan fingerprint density at radius 1 is 1.07 bits per heavy atom. The van der Waals surface area contributed by atoms with Crippen LogP contribution >= 0.6 is 0 Å². The molecule has 1 aromatic carbocycles. The van der Waals surface area contributed by atoms with Gasteiger partial charge in [0, 0.05) is 36.0 Å². The molecule has 0 aliphatic carbocycles. The molecule has 4 rings (SSSR count). The van der Waals surface area contributed by atoms with Gasteiger partial charge in [-0.1, -0.05) is 18.2 Å². The lowest BCUT2D eigenvalue weighted by molar-refractivity contribution is 0.283. The van der Waals surface area contributed by atoms with E-state index in [4.69, 9.17) is 9.84 Å². The fraction of sp³-hybridized carbons (Fsp3) is 0.381. The number of aromatic nitrogens is 4. The fourth-order valence-corrected chi connectivity index (χ4v) is 3.69. The summed E-state index contributed by atoms with van der Waals surface area (Å²) in [5.41, 5.74) is 3.91. The second-order valence-corrected chi connectivity index (χ2v) is 7.07. The minimum Gasteiger partial charge on any atom is -0.480 e. The van der Waals surface area contributed by atoms with Gasteiger partial charge in [-0.15, -0.1) is 10.2 Å². The molecular weight excluding hydrogens is 338 g/mol. The standard InChI is InChI=1S/C21H25N5O/c1-25-12-4-7-18(25)10-13-26-14-11-20(24-26)17-6-3-5-16(15-17)19-8-9-21(27-2)23-22-19/h3,5-6,8-9,11,14-15,18H,4,7,10,12-13H2,1-2H3. The zero-order chi connectivity index (χ0) is 18.6. The van der Waals surface area contributed by atoms with Crippen molar-refractivity contribution in [2.24, 2.45) is 0 Å². The highest BCUT2D eigenvalue weighted by molar-refractivity contribution is 5.69. The molecule has 1 unspecified atom stereocenters. The van der Waals surface area contributed by atoms with Gasteiger partial charge in [0.2, 0.25) is 5.88 Å². The van der Waals surface area contributed by atoms with Crippen LogP contribution < -0.4 is 4.74 Å². The Kier molecular flexibility index (Phi) is 5.16. The monoisotopic (exact) mass is 363 g/mol. The van der Waals surface area contributed by atoms with Crippen LogP contribution in [0.2, 0.25) is 0 Å². The quantitative estimate of drug-likeness (QED) is 0.671. The molecule has 140 valence electrons. The van der Waals surface area contributed by atoms with Crippen molar-refractivity contribution in [1.29, 1.82) is 0 Å². The maximum absolute atomic E-state index is 5.08. The van der Waals surface area contributed by atoms with Crippen LogP contribution in [0.1, 0.15) is 19.3 Å². The lowest BCUT2D eigenvalue weighted by Crippen LogP contribution is -2.26. The van der Waals surface area contributed by atoms with Crippen LogP contribution in [-0.2, 0) is 6.54 Å². The third-order valence-electron chi connectivity index (χ3n) is 5.31. The molecule has 0 saturated carbocycles. The van der Waals surface area contributed by atoms with Crippen molar-refractivity contribution < 1.29 is 4.74 Å². The molecule has 0 amide bonds. The van der Waals surface area contributed by atoms with E-state index in [0.29, 0.717) is 11.9 Å². The normalized spacial score (nSPS) is 17.3. The number of ether oxygens (including phenoxy) is 1. The summed E-state index contributed by atoms with van der Waals surface area (Å²) in [6.45, 7) is 2.18. The Balaban J connectivity index is 1.48. The summed E-state index contributed by atoms with van der Waals surface area (Å²) in [5.74, 6) is 0.515. The van der Waals surface area contributed by atoms with Gasteiger partial charge in [0.05, 0.1) is 18.5 Å². The van der Waals surface area contributed by atoms with Crippen LogP contribution in [0, 0.1) is 0 Å². The summed E-state index contributed by atoms with van der Waals surface area (Å²) < 4.78 is 7.13. The van der Waals surface area contributed by atoms with Crippen LogP contribution in [0.3, 0.4) is 0 Å². The molecule has 6 nitrogen and oxygen atoms in total. The van der Waals surface area contributed by atoms with Crippen LogP contribution in [0.25, 0.3) is 22.5 Å². The van der Waals surface area contributed by atoms with Gasteiger partial charge < -0.3 is 9.64 Å². The number of rotatable bonds is 6. The predicted octanol–water partition coefficient (Wildman–Crippen LogP) is 3.50. The summed E-state index contributed by atoms with van der Waals surface area (Å²) in [7, 11) is 3.81. The number of aryl methyl sites for hydroxylation is 1. The molecule has 0 N–H and O–H groups in total. The van der Waals surface area contributed by atoms with Crippen molar-refractivity contribution in [3.05, 3.63) is 48.7 Å². The molecule has 1 aliphatic rings. The van der Waals surface area contributed by atoms with Crippen molar-refractivity contribution in [3.8, 4) is 28.4 Å². The minimum absolute atomic E-state index is 0.515. The Hall–Kier alpha value is -2.73. The van der Waals surface area contributed by atoms with E-state index in [9.17, 15) is 0 Å². The summed E-state index contributed by atoms with van der Waals surface area (Å²) in [6.07, 6.45) is 5.84. The maximum atomic E-state index is 5.08. The molecule has 0 spiro atoms. The zero-order valence-electron chi connectivity index (χ0n) is 15.9. The second kappa shape index (κ2) is 7.88. The first-order valence-electron chi connectivity index (χ1n) is 9.45. The highest BCUT2D eigenvalue weighted by Gasteiger charge is 2.20. The summed E-state index contributed by atoms with van der Waals surface area (Å²) in [5, 5.41) is 13.1. The van der Waals surface area contributed by atoms with Gasteiger partial charge in [-0.3, -0.25) is 4.68 Å². The van der Waals surface area contributed by atoms with Gasteiger partial charge in [0.15, 0.2) is 0 Å². The molecule has 3 heterocycles. The van der Waals surface area contributed by atoms with Crippen LogP contribution in [0.5, 0.6) is 5.88 Å². The van der Waals surface area contributed by atoms with Gasteiger partial charge in [-0.2, -0.15) is 5.10 Å². The minimum atomic E-state index is 0.515. The van der Waals surface area contributed by atoms with E-state index in [2.05, 4.69) is 51.2 Å². The lowest BCUT2D eigenvalue weighted by Gasteiger charge is -2.18. The van der Waals surface area contributed by atoms with Crippen molar-refractivity contribution in [1.82, 2.24) is 24.9 Å². The maximum Gasteiger partial charge on any atom is 0.233 e. The van der Waals surface area contributed by atoms with Crippen molar-refractivity contribution >= 4 is 0 Å². The van der Waals surface area contributed by atoms with Crippen LogP contribution in [0.4, 0.5) is 0 Å². The molecule has 1 fully saturated rings. The third-order valence-corrected chi connectivity index (χ3v) is 5.31. The largest absolute Gasteiger partial charge is 0.480 e. The first kappa shape index (κ1) is 17.7. The van der Waals surface area contributed by atoms with Gasteiger partial charge in [-0.25, -0.2) is 0 Å². The predicted molar refractivity (Wildman–Crippen MR) is 106 cm³/mol. The number of hydrogen-bond donors (Lipinski definition) is 0. The van der Waals surface area contributed by atoms with Gasteiger partial charge in [-0.05, 0) is 51.1 Å². The Bertz CT molecular complexity index is 890. The highest BCUT2D eigenvalue weighted by Crippen LogP contribution is 2.25. The van der Waals surface area contributed by atoms with Crippen LogP contribution in [0.15, 0.2) is 48.7 Å². The summed E-state index contributed by atoms with van der Waals surface area (Å²) in [4.78, 5) is 2.46. The second-order valence-electron chi connectivity index (χ2n) is 7.07.